The lowest BCUT2D eigenvalue weighted by Gasteiger charge is -2.07. The number of rotatable bonds is 6. The number of hydrogen-bond acceptors (Lipinski definition) is 7. The van der Waals surface area contributed by atoms with E-state index in [-0.39, 0.29) is 34.3 Å². The van der Waals surface area contributed by atoms with Gasteiger partial charge in [0.2, 0.25) is 5.78 Å². The van der Waals surface area contributed by atoms with Crippen molar-refractivity contribution in [1.82, 2.24) is 0 Å². The van der Waals surface area contributed by atoms with E-state index in [1.54, 1.807) is 12.1 Å². The van der Waals surface area contributed by atoms with Crippen molar-refractivity contribution in [2.75, 3.05) is 6.61 Å². The Hall–Kier alpha value is -4.46. The number of allylic oxidation sites excluding steroid dienone is 1. The van der Waals surface area contributed by atoms with Crippen LogP contribution in [-0.4, -0.2) is 23.3 Å². The second-order valence-electron chi connectivity index (χ2n) is 6.77. The number of nitrogens with zero attached hydrogens (tertiary/aromatic N) is 1. The number of nitro groups is 1. The maximum atomic E-state index is 12.7. The largest absolute Gasteiger partial charge is 0.493 e. The zero-order valence-corrected chi connectivity index (χ0v) is 16.9. The molecule has 3 aromatic rings. The minimum Gasteiger partial charge on any atom is -0.493 e. The first-order valence-corrected chi connectivity index (χ1v) is 9.73. The summed E-state index contributed by atoms with van der Waals surface area (Å²) in [6, 6.07) is 16.9. The number of hydrogen-bond donors (Lipinski definition) is 0. The van der Waals surface area contributed by atoms with Gasteiger partial charge in [-0.2, -0.15) is 0 Å². The van der Waals surface area contributed by atoms with Crippen LogP contribution in [0.5, 0.6) is 17.2 Å². The SMILES string of the molecule is CCOc1ccccc1C=C1Oc2cc(OC(=O)c3cccc([N+](=O)[O-])c3)ccc2C1=O. The fourth-order valence-corrected chi connectivity index (χ4v) is 3.17. The molecule has 32 heavy (non-hydrogen) atoms. The highest BCUT2D eigenvalue weighted by Gasteiger charge is 2.28. The van der Waals surface area contributed by atoms with Crippen molar-refractivity contribution in [2.45, 2.75) is 6.92 Å². The summed E-state index contributed by atoms with van der Waals surface area (Å²) >= 11 is 0. The van der Waals surface area contributed by atoms with E-state index >= 15 is 0 Å². The van der Waals surface area contributed by atoms with Crippen molar-refractivity contribution in [1.29, 1.82) is 0 Å². The van der Waals surface area contributed by atoms with Crippen LogP contribution in [0.3, 0.4) is 0 Å². The van der Waals surface area contributed by atoms with E-state index < -0.39 is 10.9 Å². The number of Topliss-reactive ketones (excluding diaryl/α,β-unsaturated/α-hetero) is 1. The fourth-order valence-electron chi connectivity index (χ4n) is 3.17. The molecule has 0 radical (unpaired) electrons. The highest BCUT2D eigenvalue weighted by molar-refractivity contribution is 6.14. The van der Waals surface area contributed by atoms with Gasteiger partial charge in [0, 0.05) is 23.8 Å². The number of non-ortho nitro benzene ring substituents is 1. The smallest absolute Gasteiger partial charge is 0.343 e. The van der Waals surface area contributed by atoms with Crippen LogP contribution >= 0.6 is 0 Å². The summed E-state index contributed by atoms with van der Waals surface area (Å²) in [6.45, 7) is 2.35. The van der Waals surface area contributed by atoms with E-state index in [1.165, 1.54) is 36.4 Å². The summed E-state index contributed by atoms with van der Waals surface area (Å²) in [7, 11) is 0. The molecule has 4 rings (SSSR count). The molecule has 0 fully saturated rings. The van der Waals surface area contributed by atoms with E-state index in [0.29, 0.717) is 23.5 Å². The fraction of sp³-hybridized carbons (Fsp3) is 0.0833. The summed E-state index contributed by atoms with van der Waals surface area (Å²) in [5.74, 6) is 0.0708. The molecule has 1 heterocycles. The van der Waals surface area contributed by atoms with Crippen LogP contribution in [-0.2, 0) is 0 Å². The first kappa shape index (κ1) is 20.8. The van der Waals surface area contributed by atoms with E-state index in [4.69, 9.17) is 14.2 Å². The van der Waals surface area contributed by atoms with Gasteiger partial charge in [-0.3, -0.25) is 14.9 Å². The van der Waals surface area contributed by atoms with Gasteiger partial charge in [0.1, 0.15) is 17.2 Å². The molecule has 8 heteroatoms. The van der Waals surface area contributed by atoms with Crippen LogP contribution in [0.15, 0.2) is 72.5 Å². The molecule has 0 saturated heterocycles. The normalized spacial score (nSPS) is 13.4. The number of esters is 1. The average molecular weight is 431 g/mol. The second kappa shape index (κ2) is 8.73. The van der Waals surface area contributed by atoms with Crippen molar-refractivity contribution < 1.29 is 28.7 Å². The molecule has 1 aliphatic heterocycles. The number of fused-ring (bicyclic) bond motifs is 1. The molecule has 0 N–H and O–H groups in total. The highest BCUT2D eigenvalue weighted by Crippen LogP contribution is 2.36. The molecule has 3 aromatic carbocycles. The van der Waals surface area contributed by atoms with Crippen molar-refractivity contribution >= 4 is 23.5 Å². The summed E-state index contributed by atoms with van der Waals surface area (Å²) < 4.78 is 16.6. The van der Waals surface area contributed by atoms with Gasteiger partial charge in [-0.05, 0) is 37.3 Å². The molecule has 0 aliphatic carbocycles. The Bertz CT molecular complexity index is 1260. The monoisotopic (exact) mass is 431 g/mol. The van der Waals surface area contributed by atoms with Crippen molar-refractivity contribution in [3.8, 4) is 17.2 Å². The van der Waals surface area contributed by atoms with E-state index in [2.05, 4.69) is 0 Å². The van der Waals surface area contributed by atoms with E-state index in [0.717, 1.165) is 6.07 Å². The van der Waals surface area contributed by atoms with Gasteiger partial charge < -0.3 is 14.2 Å². The number of ether oxygens (including phenoxy) is 3. The van der Waals surface area contributed by atoms with Crippen LogP contribution in [0, 0.1) is 10.1 Å². The minimum absolute atomic E-state index is 0.0322. The molecule has 8 nitrogen and oxygen atoms in total. The Morgan fingerprint density at radius 1 is 1.09 bits per heavy atom. The van der Waals surface area contributed by atoms with Gasteiger partial charge in [0.25, 0.3) is 5.69 Å². The minimum atomic E-state index is -0.764. The molecule has 0 unspecified atom stereocenters. The Morgan fingerprint density at radius 3 is 2.69 bits per heavy atom. The second-order valence-corrected chi connectivity index (χ2v) is 6.77. The molecule has 0 atom stereocenters. The third-order valence-electron chi connectivity index (χ3n) is 4.65. The first-order valence-electron chi connectivity index (χ1n) is 9.73. The number of ketones is 1. The molecule has 0 spiro atoms. The van der Waals surface area contributed by atoms with Crippen LogP contribution in [0.25, 0.3) is 6.08 Å². The molecule has 1 aliphatic rings. The summed E-state index contributed by atoms with van der Waals surface area (Å²) in [5.41, 5.74) is 0.845. The molecular formula is C24H17NO7. The standard InChI is InChI=1S/C24H17NO7/c1-2-30-20-9-4-3-6-15(20)13-22-23(26)19-11-10-18(14-21(19)32-22)31-24(27)16-7-5-8-17(12-16)25(28)29/h3-14H,2H2,1H3. The van der Waals surface area contributed by atoms with E-state index in [9.17, 15) is 19.7 Å². The van der Waals surface area contributed by atoms with Crippen molar-refractivity contribution in [3.63, 3.8) is 0 Å². The van der Waals surface area contributed by atoms with Gasteiger partial charge in [-0.15, -0.1) is 0 Å². The number of carbonyl (C=O) groups excluding carboxylic acids is 2. The lowest BCUT2D eigenvalue weighted by molar-refractivity contribution is -0.384. The molecule has 160 valence electrons. The predicted octanol–water partition coefficient (Wildman–Crippen LogP) is 4.83. The van der Waals surface area contributed by atoms with Gasteiger partial charge in [0.15, 0.2) is 5.76 Å². The summed E-state index contributed by atoms with van der Waals surface area (Å²) in [5, 5.41) is 10.9. The van der Waals surface area contributed by atoms with Crippen LogP contribution in [0.4, 0.5) is 5.69 Å². The van der Waals surface area contributed by atoms with E-state index in [1.807, 2.05) is 25.1 Å². The molecule has 0 amide bonds. The van der Waals surface area contributed by atoms with Gasteiger partial charge in [-0.1, -0.05) is 24.3 Å². The molecule has 0 bridgehead atoms. The third kappa shape index (κ3) is 4.20. The quantitative estimate of drug-likeness (QED) is 0.181. The van der Waals surface area contributed by atoms with Gasteiger partial charge >= 0.3 is 5.97 Å². The lowest BCUT2D eigenvalue weighted by atomic mass is 10.1. The Labute approximate surface area is 182 Å². The number of nitro benzene ring substituents is 1. The molecular weight excluding hydrogens is 414 g/mol. The summed E-state index contributed by atoms with van der Waals surface area (Å²) in [6.07, 6.45) is 1.60. The van der Waals surface area contributed by atoms with Gasteiger partial charge in [-0.25, -0.2) is 4.79 Å². The topological polar surface area (TPSA) is 105 Å². The van der Waals surface area contributed by atoms with Crippen LogP contribution in [0.1, 0.15) is 33.2 Å². The Morgan fingerprint density at radius 2 is 1.91 bits per heavy atom. The molecule has 0 saturated carbocycles. The third-order valence-corrected chi connectivity index (χ3v) is 4.65. The van der Waals surface area contributed by atoms with Crippen molar-refractivity contribution in [3.05, 3.63) is 99.3 Å². The maximum Gasteiger partial charge on any atom is 0.343 e. The summed E-state index contributed by atoms with van der Waals surface area (Å²) in [4.78, 5) is 35.4. The predicted molar refractivity (Wildman–Crippen MR) is 115 cm³/mol. The van der Waals surface area contributed by atoms with Gasteiger partial charge in [0.05, 0.1) is 22.7 Å². The average Bonchev–Trinajstić information content (AvgIpc) is 3.10. The number of para-hydroxylation sites is 1. The number of benzene rings is 3. The zero-order valence-electron chi connectivity index (χ0n) is 16.9. The first-order chi connectivity index (χ1) is 15.5. The van der Waals surface area contributed by atoms with Crippen LogP contribution in [0.2, 0.25) is 0 Å². The maximum absolute atomic E-state index is 12.7. The Balaban J connectivity index is 1.55. The Kier molecular flexibility index (Phi) is 5.67. The number of carbonyl (C=O) groups is 2. The molecule has 0 aromatic heterocycles. The zero-order chi connectivity index (χ0) is 22.7. The van der Waals surface area contributed by atoms with Crippen LogP contribution < -0.4 is 14.2 Å². The lowest BCUT2D eigenvalue weighted by Crippen LogP contribution is -2.08. The van der Waals surface area contributed by atoms with Crippen molar-refractivity contribution in [2.24, 2.45) is 0 Å². The highest BCUT2D eigenvalue weighted by atomic mass is 16.6.